The molecular weight excluding hydrogens is 400 g/mol. The SMILES string of the molecule is CC(=O)[C@H]1CC[C@H]2[C@@H]3CCC4=CC(=O)CC(OC(=O)c5ccccc5)[C@]4(C)[C@H]3CC[C@]12C. The first-order valence-electron chi connectivity index (χ1n) is 12.3. The molecule has 0 radical (unpaired) electrons. The maximum Gasteiger partial charge on any atom is 0.338 e. The van der Waals surface area contributed by atoms with Gasteiger partial charge in [-0.15, -0.1) is 0 Å². The molecule has 4 aliphatic rings. The first kappa shape index (κ1) is 21.6. The molecule has 32 heavy (non-hydrogen) atoms. The molecule has 3 fully saturated rings. The Morgan fingerprint density at radius 1 is 1.00 bits per heavy atom. The van der Waals surface area contributed by atoms with Gasteiger partial charge in [0.15, 0.2) is 5.78 Å². The summed E-state index contributed by atoms with van der Waals surface area (Å²) in [5.41, 5.74) is 1.48. The Morgan fingerprint density at radius 2 is 1.75 bits per heavy atom. The molecule has 1 aromatic carbocycles. The lowest BCUT2D eigenvalue weighted by atomic mass is 9.46. The standard InChI is InChI=1S/C28H34O4/c1-17(29)22-11-12-23-21-10-9-19-15-20(30)16-25(32-26(31)18-7-5-4-6-8-18)28(19,3)24(21)13-14-27(22,23)2/h4-8,15,21-25H,9-14,16H2,1-3H3/t21-,22+,23-,24-,25?,27+,28-/m0/s1. The molecule has 0 N–H and O–H groups in total. The van der Waals surface area contributed by atoms with Crippen LogP contribution in [0.15, 0.2) is 42.0 Å². The number of ether oxygens (including phenoxy) is 1. The van der Waals surface area contributed by atoms with Gasteiger partial charge in [0.2, 0.25) is 0 Å². The van der Waals surface area contributed by atoms with E-state index < -0.39 is 6.10 Å². The summed E-state index contributed by atoms with van der Waals surface area (Å²) in [6.07, 6.45) is 7.84. The van der Waals surface area contributed by atoms with Crippen molar-refractivity contribution in [3.63, 3.8) is 0 Å². The van der Waals surface area contributed by atoms with E-state index in [9.17, 15) is 14.4 Å². The highest BCUT2D eigenvalue weighted by atomic mass is 16.5. The van der Waals surface area contributed by atoms with Crippen LogP contribution in [0.1, 0.15) is 76.1 Å². The lowest BCUT2D eigenvalue weighted by Gasteiger charge is -2.59. The molecule has 4 nitrogen and oxygen atoms in total. The van der Waals surface area contributed by atoms with Crippen molar-refractivity contribution in [1.82, 2.24) is 0 Å². The van der Waals surface area contributed by atoms with Crippen LogP contribution in [0, 0.1) is 34.5 Å². The number of hydrogen-bond donors (Lipinski definition) is 0. The molecule has 0 aromatic heterocycles. The van der Waals surface area contributed by atoms with Gasteiger partial charge >= 0.3 is 5.97 Å². The Balaban J connectivity index is 1.47. The van der Waals surface area contributed by atoms with Crippen LogP contribution in [-0.2, 0) is 14.3 Å². The van der Waals surface area contributed by atoms with Crippen molar-refractivity contribution < 1.29 is 19.1 Å². The number of rotatable bonds is 3. The number of carbonyl (C=O) groups is 3. The number of benzene rings is 1. The number of Topliss-reactive ketones (excluding diaryl/α,β-unsaturated/α-hetero) is 1. The van der Waals surface area contributed by atoms with Crippen LogP contribution in [0.25, 0.3) is 0 Å². The Bertz CT molecular complexity index is 978. The van der Waals surface area contributed by atoms with Gasteiger partial charge in [0.05, 0.1) is 5.56 Å². The first-order chi connectivity index (χ1) is 15.2. The van der Waals surface area contributed by atoms with Crippen molar-refractivity contribution >= 4 is 17.5 Å². The highest BCUT2D eigenvalue weighted by Crippen LogP contribution is 2.67. The second-order valence-electron chi connectivity index (χ2n) is 11.1. The Labute approximate surface area is 190 Å². The highest BCUT2D eigenvalue weighted by Gasteiger charge is 2.62. The summed E-state index contributed by atoms with van der Waals surface area (Å²) >= 11 is 0. The third-order valence-electron chi connectivity index (χ3n) is 9.79. The molecule has 0 heterocycles. The fourth-order valence-electron chi connectivity index (χ4n) is 8.19. The van der Waals surface area contributed by atoms with E-state index in [0.717, 1.165) is 38.5 Å². The summed E-state index contributed by atoms with van der Waals surface area (Å²) in [6, 6.07) is 9.08. The largest absolute Gasteiger partial charge is 0.457 e. The Kier molecular flexibility index (Phi) is 5.18. The minimum atomic E-state index is -0.426. The van der Waals surface area contributed by atoms with Crippen LogP contribution in [-0.4, -0.2) is 23.6 Å². The molecule has 4 aliphatic carbocycles. The van der Waals surface area contributed by atoms with Crippen molar-refractivity contribution in [2.75, 3.05) is 0 Å². The summed E-state index contributed by atoms with van der Waals surface area (Å²) in [5.74, 6) is 1.69. The maximum absolute atomic E-state index is 13.0. The molecule has 1 unspecified atom stereocenters. The van der Waals surface area contributed by atoms with E-state index in [1.807, 2.05) is 24.3 Å². The topological polar surface area (TPSA) is 60.4 Å². The van der Waals surface area contributed by atoms with Crippen molar-refractivity contribution in [2.24, 2.45) is 34.5 Å². The molecule has 1 aromatic rings. The summed E-state index contributed by atoms with van der Waals surface area (Å²) < 4.78 is 6.11. The molecule has 7 atom stereocenters. The van der Waals surface area contributed by atoms with Crippen LogP contribution >= 0.6 is 0 Å². The Hall–Kier alpha value is -2.23. The first-order valence-corrected chi connectivity index (χ1v) is 12.3. The second kappa shape index (κ2) is 7.67. The van der Waals surface area contributed by atoms with E-state index in [1.165, 1.54) is 5.57 Å². The number of ketones is 2. The molecular formula is C28H34O4. The summed E-state index contributed by atoms with van der Waals surface area (Å²) in [6.45, 7) is 6.35. The smallest absolute Gasteiger partial charge is 0.338 e. The van der Waals surface area contributed by atoms with E-state index in [0.29, 0.717) is 29.1 Å². The second-order valence-corrected chi connectivity index (χ2v) is 11.1. The van der Waals surface area contributed by atoms with Gasteiger partial charge in [-0.1, -0.05) is 37.6 Å². The van der Waals surface area contributed by atoms with Gasteiger partial charge in [-0.2, -0.15) is 0 Å². The van der Waals surface area contributed by atoms with Crippen LogP contribution < -0.4 is 0 Å². The zero-order valence-electron chi connectivity index (χ0n) is 19.4. The summed E-state index contributed by atoms with van der Waals surface area (Å²) in [7, 11) is 0. The summed E-state index contributed by atoms with van der Waals surface area (Å²) in [5, 5.41) is 0. The molecule has 0 aliphatic heterocycles. The molecule has 0 spiro atoms. The third-order valence-corrected chi connectivity index (χ3v) is 9.79. The van der Waals surface area contributed by atoms with Gasteiger partial charge < -0.3 is 4.74 Å². The van der Waals surface area contributed by atoms with E-state index in [2.05, 4.69) is 13.8 Å². The molecule has 0 saturated heterocycles. The molecule has 170 valence electrons. The van der Waals surface area contributed by atoms with Gasteiger partial charge in [-0.05, 0) is 86.8 Å². The maximum atomic E-state index is 13.0. The van der Waals surface area contributed by atoms with Crippen molar-refractivity contribution in [3.8, 4) is 0 Å². The number of carbonyl (C=O) groups excluding carboxylic acids is 3. The fourth-order valence-corrected chi connectivity index (χ4v) is 8.19. The lowest BCUT2D eigenvalue weighted by Crippen LogP contribution is -2.56. The highest BCUT2D eigenvalue weighted by molar-refractivity contribution is 5.94. The number of fused-ring (bicyclic) bond motifs is 5. The van der Waals surface area contributed by atoms with Crippen LogP contribution in [0.5, 0.6) is 0 Å². The van der Waals surface area contributed by atoms with Crippen molar-refractivity contribution in [2.45, 2.75) is 71.8 Å². The third kappa shape index (κ3) is 3.13. The van der Waals surface area contributed by atoms with Gasteiger partial charge in [0.25, 0.3) is 0 Å². The average Bonchev–Trinajstić information content (AvgIpc) is 3.13. The summed E-state index contributed by atoms with van der Waals surface area (Å²) in [4.78, 5) is 37.9. The molecule has 0 bridgehead atoms. The minimum absolute atomic E-state index is 0.0694. The molecule has 4 heteroatoms. The van der Waals surface area contributed by atoms with Gasteiger partial charge in [0.1, 0.15) is 11.9 Å². The van der Waals surface area contributed by atoms with E-state index in [1.54, 1.807) is 19.1 Å². The van der Waals surface area contributed by atoms with Crippen LogP contribution in [0.3, 0.4) is 0 Å². The quantitative estimate of drug-likeness (QED) is 0.585. The van der Waals surface area contributed by atoms with Gasteiger partial charge in [-0.3, -0.25) is 9.59 Å². The van der Waals surface area contributed by atoms with Crippen molar-refractivity contribution in [3.05, 3.63) is 47.5 Å². The van der Waals surface area contributed by atoms with E-state index >= 15 is 0 Å². The average molecular weight is 435 g/mol. The monoisotopic (exact) mass is 434 g/mol. The predicted octanol–water partition coefficient (Wildman–Crippen LogP) is 5.56. The predicted molar refractivity (Wildman–Crippen MR) is 122 cm³/mol. The zero-order valence-corrected chi connectivity index (χ0v) is 19.4. The molecule has 3 saturated carbocycles. The number of esters is 1. The van der Waals surface area contributed by atoms with Crippen molar-refractivity contribution in [1.29, 1.82) is 0 Å². The molecule has 5 rings (SSSR count). The zero-order chi connectivity index (χ0) is 22.7. The Morgan fingerprint density at radius 3 is 2.47 bits per heavy atom. The van der Waals surface area contributed by atoms with E-state index in [4.69, 9.17) is 4.74 Å². The van der Waals surface area contributed by atoms with Gasteiger partial charge in [-0.25, -0.2) is 4.79 Å². The minimum Gasteiger partial charge on any atom is -0.457 e. The van der Waals surface area contributed by atoms with Gasteiger partial charge in [0, 0.05) is 17.8 Å². The molecule has 0 amide bonds. The lowest BCUT2D eigenvalue weighted by molar-refractivity contribution is -0.135. The number of hydrogen-bond acceptors (Lipinski definition) is 4. The van der Waals surface area contributed by atoms with Crippen LogP contribution in [0.4, 0.5) is 0 Å². The van der Waals surface area contributed by atoms with Crippen LogP contribution in [0.2, 0.25) is 0 Å². The normalized spacial score (nSPS) is 40.5. The van der Waals surface area contributed by atoms with E-state index in [-0.39, 0.29) is 34.9 Å². The fraction of sp³-hybridized carbons (Fsp3) is 0.607.